The summed E-state index contributed by atoms with van der Waals surface area (Å²) in [7, 11) is 0. The Labute approximate surface area is 148 Å². The van der Waals surface area contributed by atoms with E-state index in [9.17, 15) is 4.79 Å². The van der Waals surface area contributed by atoms with Crippen LogP contribution in [-0.2, 0) is 16.1 Å². The Balaban J connectivity index is 1.63. The van der Waals surface area contributed by atoms with E-state index in [0.717, 1.165) is 37.6 Å². The summed E-state index contributed by atoms with van der Waals surface area (Å²) in [5, 5.41) is 7.53. The van der Waals surface area contributed by atoms with E-state index >= 15 is 0 Å². The maximum absolute atomic E-state index is 12.0. The first-order valence-corrected chi connectivity index (χ1v) is 8.85. The van der Waals surface area contributed by atoms with Crippen molar-refractivity contribution >= 4 is 11.7 Å². The number of rotatable bonds is 7. The van der Waals surface area contributed by atoms with Crippen molar-refractivity contribution in [2.45, 2.75) is 32.9 Å². The maximum Gasteiger partial charge on any atom is 0.251 e. The lowest BCUT2D eigenvalue weighted by Gasteiger charge is -2.18. The van der Waals surface area contributed by atoms with Gasteiger partial charge in [-0.1, -0.05) is 30.3 Å². The number of nitrogens with zero attached hydrogens (tertiary/aromatic N) is 3. The Bertz CT molecular complexity index is 699. The van der Waals surface area contributed by atoms with E-state index < -0.39 is 0 Å². The molecule has 1 aromatic heterocycles. The van der Waals surface area contributed by atoms with E-state index in [1.165, 1.54) is 5.56 Å². The number of amides is 1. The van der Waals surface area contributed by atoms with Gasteiger partial charge in [0.1, 0.15) is 12.4 Å². The van der Waals surface area contributed by atoms with Crippen LogP contribution in [0.25, 0.3) is 0 Å². The molecule has 1 fully saturated rings. The maximum atomic E-state index is 12.0. The lowest BCUT2D eigenvalue weighted by molar-refractivity contribution is -0.120. The van der Waals surface area contributed by atoms with Gasteiger partial charge in [0.25, 0.3) is 5.91 Å². The second kappa shape index (κ2) is 8.27. The van der Waals surface area contributed by atoms with Crippen molar-refractivity contribution in [2.75, 3.05) is 31.6 Å². The Morgan fingerprint density at radius 3 is 2.92 bits per heavy atom. The minimum Gasteiger partial charge on any atom is -0.372 e. The van der Waals surface area contributed by atoms with Gasteiger partial charge in [-0.2, -0.15) is 5.10 Å². The highest BCUT2D eigenvalue weighted by molar-refractivity contribution is 5.90. The van der Waals surface area contributed by atoms with Gasteiger partial charge in [0.05, 0.1) is 11.7 Å². The molecule has 1 unspecified atom stereocenters. The normalized spacial score (nSPS) is 17.8. The lowest BCUT2D eigenvalue weighted by atomic mass is 10.2. The summed E-state index contributed by atoms with van der Waals surface area (Å²) in [5.41, 5.74) is 2.23. The van der Waals surface area contributed by atoms with Crippen LogP contribution in [0.5, 0.6) is 0 Å². The van der Waals surface area contributed by atoms with Crippen LogP contribution < -0.4 is 5.32 Å². The van der Waals surface area contributed by atoms with E-state index in [-0.39, 0.29) is 18.6 Å². The van der Waals surface area contributed by atoms with Crippen molar-refractivity contribution in [2.24, 2.45) is 0 Å². The highest BCUT2D eigenvalue weighted by atomic mass is 16.5. The SMILES string of the molecule is CCOCC(=O)Nc1cc(C)nn1C1CCN(Cc2ccccc2)C1. The molecule has 2 heterocycles. The third-order valence-corrected chi connectivity index (χ3v) is 4.41. The Hall–Kier alpha value is -2.18. The summed E-state index contributed by atoms with van der Waals surface area (Å²) in [6.07, 6.45) is 1.03. The molecule has 2 aromatic rings. The standard InChI is InChI=1S/C19H26N4O2/c1-3-25-14-19(24)20-18-11-15(2)21-23(18)17-9-10-22(13-17)12-16-7-5-4-6-8-16/h4-8,11,17H,3,9-10,12-14H2,1-2H3,(H,20,24). The third-order valence-electron chi connectivity index (χ3n) is 4.41. The topological polar surface area (TPSA) is 59.4 Å². The fourth-order valence-corrected chi connectivity index (χ4v) is 3.26. The fraction of sp³-hybridized carbons (Fsp3) is 0.474. The van der Waals surface area contributed by atoms with E-state index in [2.05, 4.69) is 39.6 Å². The molecular formula is C19H26N4O2. The lowest BCUT2D eigenvalue weighted by Crippen LogP contribution is -2.24. The summed E-state index contributed by atoms with van der Waals surface area (Å²) >= 11 is 0. The molecule has 134 valence electrons. The molecule has 6 nitrogen and oxygen atoms in total. The zero-order chi connectivity index (χ0) is 17.6. The van der Waals surface area contributed by atoms with Crippen LogP contribution in [0.4, 0.5) is 5.82 Å². The van der Waals surface area contributed by atoms with Gasteiger partial charge in [-0.05, 0) is 25.8 Å². The first-order chi connectivity index (χ1) is 12.2. The van der Waals surface area contributed by atoms with Crippen molar-refractivity contribution in [1.82, 2.24) is 14.7 Å². The number of hydrogen-bond acceptors (Lipinski definition) is 4. The van der Waals surface area contributed by atoms with Gasteiger partial charge in [-0.15, -0.1) is 0 Å². The van der Waals surface area contributed by atoms with Crippen LogP contribution in [0.3, 0.4) is 0 Å². The molecular weight excluding hydrogens is 316 g/mol. The van der Waals surface area contributed by atoms with E-state index in [4.69, 9.17) is 4.74 Å². The summed E-state index contributed by atoms with van der Waals surface area (Å²) in [6.45, 7) is 7.35. The Morgan fingerprint density at radius 1 is 1.36 bits per heavy atom. The number of likely N-dealkylation sites (tertiary alicyclic amines) is 1. The molecule has 1 aliphatic rings. The molecule has 0 radical (unpaired) electrons. The summed E-state index contributed by atoms with van der Waals surface area (Å²) in [5.74, 6) is 0.621. The molecule has 1 aromatic carbocycles. The first kappa shape index (κ1) is 17.6. The molecule has 25 heavy (non-hydrogen) atoms. The van der Waals surface area contributed by atoms with Crippen LogP contribution >= 0.6 is 0 Å². The van der Waals surface area contributed by atoms with E-state index in [1.54, 1.807) is 0 Å². The van der Waals surface area contributed by atoms with Gasteiger partial charge in [0.2, 0.25) is 0 Å². The second-order valence-corrected chi connectivity index (χ2v) is 6.46. The van der Waals surface area contributed by atoms with Gasteiger partial charge in [0, 0.05) is 32.3 Å². The largest absolute Gasteiger partial charge is 0.372 e. The molecule has 0 bridgehead atoms. The first-order valence-electron chi connectivity index (χ1n) is 8.85. The molecule has 0 aliphatic carbocycles. The smallest absolute Gasteiger partial charge is 0.251 e. The number of aromatic nitrogens is 2. The molecule has 1 amide bonds. The average Bonchev–Trinajstić information content (AvgIpc) is 3.20. The summed E-state index contributed by atoms with van der Waals surface area (Å²) < 4.78 is 7.14. The molecule has 0 spiro atoms. The predicted octanol–water partition coefficient (Wildman–Crippen LogP) is 2.61. The van der Waals surface area contributed by atoms with Crippen LogP contribution in [-0.4, -0.2) is 46.9 Å². The Morgan fingerprint density at radius 2 is 2.16 bits per heavy atom. The van der Waals surface area contributed by atoms with Crippen LogP contribution in [0.2, 0.25) is 0 Å². The van der Waals surface area contributed by atoms with Gasteiger partial charge >= 0.3 is 0 Å². The molecule has 0 saturated carbocycles. The molecule has 1 saturated heterocycles. The molecule has 1 N–H and O–H groups in total. The van der Waals surface area contributed by atoms with Crippen molar-refractivity contribution in [3.63, 3.8) is 0 Å². The van der Waals surface area contributed by atoms with Crippen molar-refractivity contribution in [3.8, 4) is 0 Å². The van der Waals surface area contributed by atoms with Gasteiger partial charge in [-0.25, -0.2) is 4.68 Å². The number of benzene rings is 1. The Kier molecular flexibility index (Phi) is 5.83. The van der Waals surface area contributed by atoms with Gasteiger partial charge < -0.3 is 10.1 Å². The minimum absolute atomic E-state index is 0.0749. The zero-order valence-electron chi connectivity index (χ0n) is 14.9. The van der Waals surface area contributed by atoms with Crippen molar-refractivity contribution < 1.29 is 9.53 Å². The van der Waals surface area contributed by atoms with Gasteiger partial charge in [0.15, 0.2) is 0 Å². The molecule has 1 atom stereocenters. The minimum atomic E-state index is -0.137. The fourth-order valence-electron chi connectivity index (χ4n) is 3.26. The summed E-state index contributed by atoms with van der Waals surface area (Å²) in [6, 6.07) is 12.7. The zero-order valence-corrected chi connectivity index (χ0v) is 14.9. The van der Waals surface area contributed by atoms with Crippen LogP contribution in [0, 0.1) is 6.92 Å². The number of nitrogens with one attached hydrogen (secondary N) is 1. The third kappa shape index (κ3) is 4.67. The average molecular weight is 342 g/mol. The number of carbonyl (C=O) groups is 1. The molecule has 3 rings (SSSR count). The quantitative estimate of drug-likeness (QED) is 0.840. The number of aryl methyl sites for hydroxylation is 1. The highest BCUT2D eigenvalue weighted by Crippen LogP contribution is 2.26. The van der Waals surface area contributed by atoms with Crippen LogP contribution in [0.15, 0.2) is 36.4 Å². The van der Waals surface area contributed by atoms with Crippen LogP contribution in [0.1, 0.15) is 30.6 Å². The molecule has 1 aliphatic heterocycles. The highest BCUT2D eigenvalue weighted by Gasteiger charge is 2.26. The van der Waals surface area contributed by atoms with Gasteiger partial charge in [-0.3, -0.25) is 9.69 Å². The predicted molar refractivity (Wildman–Crippen MR) is 97.5 cm³/mol. The molecule has 6 heteroatoms. The van der Waals surface area contributed by atoms with E-state index in [1.807, 2.05) is 30.7 Å². The number of ether oxygens (including phenoxy) is 1. The monoisotopic (exact) mass is 342 g/mol. The van der Waals surface area contributed by atoms with Crippen molar-refractivity contribution in [3.05, 3.63) is 47.7 Å². The number of hydrogen-bond donors (Lipinski definition) is 1. The van der Waals surface area contributed by atoms with E-state index in [0.29, 0.717) is 6.61 Å². The second-order valence-electron chi connectivity index (χ2n) is 6.46. The van der Waals surface area contributed by atoms with Crippen molar-refractivity contribution in [1.29, 1.82) is 0 Å². The number of carbonyl (C=O) groups excluding carboxylic acids is 1. The number of anilines is 1. The summed E-state index contributed by atoms with van der Waals surface area (Å²) in [4.78, 5) is 14.4.